The number of benzene rings is 1. The molecular formula is C14H17F3N2O3S. The summed E-state index contributed by atoms with van der Waals surface area (Å²) in [6.45, 7) is 0.906. The zero-order chi connectivity index (χ0) is 17.1. The van der Waals surface area contributed by atoms with Crippen LogP contribution in [0.4, 0.5) is 13.2 Å². The molecule has 1 fully saturated rings. The van der Waals surface area contributed by atoms with Crippen molar-refractivity contribution in [1.29, 1.82) is 0 Å². The molecule has 1 aromatic rings. The highest BCUT2D eigenvalue weighted by Gasteiger charge is 2.30. The number of rotatable bonds is 5. The van der Waals surface area contributed by atoms with E-state index in [1.165, 1.54) is 4.31 Å². The summed E-state index contributed by atoms with van der Waals surface area (Å²) in [7, 11) is -3.39. The highest BCUT2D eigenvalue weighted by molar-refractivity contribution is 7.89. The van der Waals surface area contributed by atoms with E-state index < -0.39 is 27.7 Å². The number of carbonyl (C=O) groups excluding carboxylic acids is 1. The lowest BCUT2D eigenvalue weighted by molar-refractivity contribution is -0.137. The second-order valence-electron chi connectivity index (χ2n) is 5.25. The van der Waals surface area contributed by atoms with E-state index in [1.807, 2.05) is 0 Å². The molecule has 1 saturated heterocycles. The Hall–Kier alpha value is -1.61. The first-order valence-electron chi connectivity index (χ1n) is 7.13. The van der Waals surface area contributed by atoms with Gasteiger partial charge in [-0.05, 0) is 37.1 Å². The van der Waals surface area contributed by atoms with Gasteiger partial charge in [-0.15, -0.1) is 0 Å². The van der Waals surface area contributed by atoms with Crippen molar-refractivity contribution in [2.24, 2.45) is 0 Å². The van der Waals surface area contributed by atoms with Gasteiger partial charge in [0.15, 0.2) is 0 Å². The molecule has 1 aliphatic rings. The number of hydrogen-bond donors (Lipinski definition) is 1. The minimum atomic E-state index is -4.46. The van der Waals surface area contributed by atoms with E-state index in [0.717, 1.165) is 37.1 Å². The molecule has 0 radical (unpaired) electrons. The fourth-order valence-corrected chi connectivity index (χ4v) is 3.73. The zero-order valence-electron chi connectivity index (χ0n) is 12.3. The Morgan fingerprint density at radius 3 is 2.22 bits per heavy atom. The molecule has 0 aliphatic carbocycles. The van der Waals surface area contributed by atoms with E-state index in [0.29, 0.717) is 13.1 Å². The number of amides is 1. The van der Waals surface area contributed by atoms with Gasteiger partial charge in [0.2, 0.25) is 10.0 Å². The van der Waals surface area contributed by atoms with Crippen LogP contribution in [-0.4, -0.2) is 44.0 Å². The van der Waals surface area contributed by atoms with E-state index in [4.69, 9.17) is 0 Å². The fourth-order valence-electron chi connectivity index (χ4n) is 2.30. The van der Waals surface area contributed by atoms with Gasteiger partial charge < -0.3 is 5.32 Å². The molecule has 128 valence electrons. The summed E-state index contributed by atoms with van der Waals surface area (Å²) >= 11 is 0. The van der Waals surface area contributed by atoms with Crippen LogP contribution in [0.25, 0.3) is 0 Å². The largest absolute Gasteiger partial charge is 0.416 e. The summed E-state index contributed by atoms with van der Waals surface area (Å²) < 4.78 is 62.6. The molecule has 9 heteroatoms. The molecule has 0 aromatic heterocycles. The summed E-state index contributed by atoms with van der Waals surface area (Å²) in [5.41, 5.74) is -0.790. The molecule has 1 amide bonds. The van der Waals surface area contributed by atoms with Gasteiger partial charge in [-0.3, -0.25) is 4.79 Å². The first-order valence-corrected chi connectivity index (χ1v) is 8.74. The van der Waals surface area contributed by atoms with Crippen molar-refractivity contribution < 1.29 is 26.4 Å². The minimum Gasteiger partial charge on any atom is -0.351 e. The topological polar surface area (TPSA) is 66.5 Å². The van der Waals surface area contributed by atoms with Gasteiger partial charge in [0.05, 0.1) is 11.3 Å². The lowest BCUT2D eigenvalue weighted by atomic mass is 10.1. The molecule has 0 unspecified atom stereocenters. The van der Waals surface area contributed by atoms with Crippen molar-refractivity contribution in [2.45, 2.75) is 19.0 Å². The molecule has 1 heterocycles. The molecule has 0 atom stereocenters. The molecule has 2 rings (SSSR count). The monoisotopic (exact) mass is 350 g/mol. The summed E-state index contributed by atoms with van der Waals surface area (Å²) in [4.78, 5) is 11.8. The van der Waals surface area contributed by atoms with Crippen LogP contribution in [0.15, 0.2) is 24.3 Å². The Bertz CT molecular complexity index is 651. The Balaban J connectivity index is 1.87. The molecule has 1 N–H and O–H groups in total. The Morgan fingerprint density at radius 1 is 1.13 bits per heavy atom. The van der Waals surface area contributed by atoms with Crippen molar-refractivity contribution in [1.82, 2.24) is 9.62 Å². The molecule has 1 aromatic carbocycles. The van der Waals surface area contributed by atoms with E-state index in [9.17, 15) is 26.4 Å². The van der Waals surface area contributed by atoms with Crippen LogP contribution in [0, 0.1) is 0 Å². The quantitative estimate of drug-likeness (QED) is 0.881. The van der Waals surface area contributed by atoms with Gasteiger partial charge in [-0.1, -0.05) is 0 Å². The first-order chi connectivity index (χ1) is 10.7. The van der Waals surface area contributed by atoms with Crippen LogP contribution in [-0.2, 0) is 16.2 Å². The number of carbonyl (C=O) groups is 1. The fraction of sp³-hybridized carbons (Fsp3) is 0.500. The van der Waals surface area contributed by atoms with E-state index in [1.54, 1.807) is 0 Å². The number of hydrogen-bond acceptors (Lipinski definition) is 3. The zero-order valence-corrected chi connectivity index (χ0v) is 13.1. The standard InChI is InChI=1S/C14H17F3N2O3S/c15-14(16,17)12-5-3-11(4-6-12)13(20)18-7-10-23(21,22)19-8-1-2-9-19/h3-6H,1-2,7-10H2,(H,18,20). The Kier molecular flexibility index (Phi) is 5.30. The van der Waals surface area contributed by atoms with Crippen LogP contribution < -0.4 is 5.32 Å². The molecule has 0 bridgehead atoms. The maximum Gasteiger partial charge on any atom is 0.416 e. The Labute approximate surface area is 132 Å². The highest BCUT2D eigenvalue weighted by Crippen LogP contribution is 2.29. The molecule has 0 spiro atoms. The predicted molar refractivity (Wildman–Crippen MR) is 78.4 cm³/mol. The van der Waals surface area contributed by atoms with Gasteiger partial charge >= 0.3 is 6.18 Å². The number of nitrogens with zero attached hydrogens (tertiary/aromatic N) is 1. The summed E-state index contributed by atoms with van der Waals surface area (Å²) in [5, 5.41) is 2.41. The molecule has 5 nitrogen and oxygen atoms in total. The van der Waals surface area contributed by atoms with Crippen molar-refractivity contribution >= 4 is 15.9 Å². The first kappa shape index (κ1) is 17.7. The van der Waals surface area contributed by atoms with Crippen LogP contribution in [0.1, 0.15) is 28.8 Å². The highest BCUT2D eigenvalue weighted by atomic mass is 32.2. The average Bonchev–Trinajstić information content (AvgIpc) is 3.01. The second-order valence-corrected chi connectivity index (χ2v) is 7.34. The third-order valence-corrected chi connectivity index (χ3v) is 5.45. The lowest BCUT2D eigenvalue weighted by Gasteiger charge is -2.15. The van der Waals surface area contributed by atoms with Crippen LogP contribution in [0.2, 0.25) is 0 Å². The molecule has 0 saturated carbocycles. The van der Waals surface area contributed by atoms with Crippen molar-refractivity contribution in [3.8, 4) is 0 Å². The van der Waals surface area contributed by atoms with Gasteiger partial charge in [0, 0.05) is 25.2 Å². The van der Waals surface area contributed by atoms with Crippen LogP contribution in [0.3, 0.4) is 0 Å². The van der Waals surface area contributed by atoms with Crippen LogP contribution >= 0.6 is 0 Å². The number of alkyl halides is 3. The van der Waals surface area contributed by atoms with Crippen molar-refractivity contribution in [3.63, 3.8) is 0 Å². The second kappa shape index (κ2) is 6.88. The predicted octanol–water partition coefficient (Wildman–Crippen LogP) is 1.86. The molecule has 1 aliphatic heterocycles. The summed E-state index contributed by atoms with van der Waals surface area (Å²) in [6, 6.07) is 3.76. The summed E-state index contributed by atoms with van der Waals surface area (Å²) in [5.74, 6) is -0.824. The summed E-state index contributed by atoms with van der Waals surface area (Å²) in [6.07, 6.45) is -2.80. The third-order valence-electron chi connectivity index (χ3n) is 3.58. The van der Waals surface area contributed by atoms with E-state index >= 15 is 0 Å². The maximum absolute atomic E-state index is 12.4. The normalized spacial score (nSPS) is 16.5. The minimum absolute atomic E-state index is 0.0524. The van der Waals surface area contributed by atoms with Gasteiger partial charge in [0.25, 0.3) is 5.91 Å². The van der Waals surface area contributed by atoms with E-state index in [-0.39, 0.29) is 17.9 Å². The number of halogens is 3. The average molecular weight is 350 g/mol. The molecular weight excluding hydrogens is 333 g/mol. The lowest BCUT2D eigenvalue weighted by Crippen LogP contribution is -2.36. The third kappa shape index (κ3) is 4.68. The van der Waals surface area contributed by atoms with Gasteiger partial charge in [-0.2, -0.15) is 13.2 Å². The van der Waals surface area contributed by atoms with Crippen molar-refractivity contribution in [2.75, 3.05) is 25.4 Å². The van der Waals surface area contributed by atoms with Crippen molar-refractivity contribution in [3.05, 3.63) is 35.4 Å². The van der Waals surface area contributed by atoms with Gasteiger partial charge in [0.1, 0.15) is 0 Å². The number of sulfonamides is 1. The Morgan fingerprint density at radius 2 is 1.70 bits per heavy atom. The van der Waals surface area contributed by atoms with E-state index in [2.05, 4.69) is 5.32 Å². The van der Waals surface area contributed by atoms with Crippen LogP contribution in [0.5, 0.6) is 0 Å². The maximum atomic E-state index is 12.4. The number of nitrogens with one attached hydrogen (secondary N) is 1. The smallest absolute Gasteiger partial charge is 0.351 e. The molecule has 23 heavy (non-hydrogen) atoms. The van der Waals surface area contributed by atoms with Gasteiger partial charge in [-0.25, -0.2) is 12.7 Å². The SMILES string of the molecule is O=C(NCCS(=O)(=O)N1CCCC1)c1ccc(C(F)(F)F)cc1.